The van der Waals surface area contributed by atoms with Gasteiger partial charge in [-0.25, -0.2) is 0 Å². The molecule has 5 heteroatoms. The van der Waals surface area contributed by atoms with Crippen LogP contribution in [-0.4, -0.2) is 24.4 Å². The topological polar surface area (TPSA) is 70.2 Å². The van der Waals surface area contributed by atoms with Crippen LogP contribution in [-0.2, 0) is 9.59 Å². The molecule has 0 aliphatic carbocycles. The number of carbonyl (C=O) groups excluding carboxylic acids is 2. The number of carbonyl (C=O) groups is 2. The summed E-state index contributed by atoms with van der Waals surface area (Å²) in [6, 6.07) is 5.41. The standard InChI is InChI=1S/C15H21N3O2/c1-10-6-7-12(9-14(10)17-11(2)19)18-15(20)13-5-3-4-8-16-13/h6-7,9,13,16H,3-5,8H2,1-2H3,(H,17,19)(H,18,20). The molecule has 1 unspecified atom stereocenters. The fourth-order valence-corrected chi connectivity index (χ4v) is 2.33. The van der Waals surface area contributed by atoms with Crippen LogP contribution in [0.25, 0.3) is 0 Å². The summed E-state index contributed by atoms with van der Waals surface area (Å²) in [7, 11) is 0. The van der Waals surface area contributed by atoms with E-state index in [1.165, 1.54) is 6.92 Å². The molecule has 2 amide bonds. The van der Waals surface area contributed by atoms with E-state index in [2.05, 4.69) is 16.0 Å². The molecule has 1 aromatic carbocycles. The molecule has 1 fully saturated rings. The van der Waals surface area contributed by atoms with Crippen molar-refractivity contribution in [2.24, 2.45) is 0 Å². The molecule has 1 atom stereocenters. The molecule has 20 heavy (non-hydrogen) atoms. The lowest BCUT2D eigenvalue weighted by molar-refractivity contribution is -0.118. The molecule has 0 radical (unpaired) electrons. The first-order valence-electron chi connectivity index (χ1n) is 6.99. The summed E-state index contributed by atoms with van der Waals surface area (Å²) in [4.78, 5) is 23.3. The Morgan fingerprint density at radius 1 is 1.25 bits per heavy atom. The zero-order valence-corrected chi connectivity index (χ0v) is 12.0. The van der Waals surface area contributed by atoms with Crippen molar-refractivity contribution in [1.82, 2.24) is 5.32 Å². The summed E-state index contributed by atoms with van der Waals surface area (Å²) in [6.45, 7) is 4.28. The average Bonchev–Trinajstić information content (AvgIpc) is 2.43. The van der Waals surface area contributed by atoms with Crippen molar-refractivity contribution in [3.05, 3.63) is 23.8 Å². The molecule has 2 rings (SSSR count). The Balaban J connectivity index is 2.05. The average molecular weight is 275 g/mol. The van der Waals surface area contributed by atoms with E-state index < -0.39 is 0 Å². The van der Waals surface area contributed by atoms with Gasteiger partial charge in [0, 0.05) is 18.3 Å². The number of hydrogen-bond acceptors (Lipinski definition) is 3. The van der Waals surface area contributed by atoms with Gasteiger partial charge in [0.15, 0.2) is 0 Å². The van der Waals surface area contributed by atoms with Gasteiger partial charge in [0.2, 0.25) is 11.8 Å². The molecular formula is C15H21N3O2. The molecule has 1 aromatic rings. The highest BCUT2D eigenvalue weighted by atomic mass is 16.2. The second kappa shape index (κ2) is 6.52. The molecule has 1 heterocycles. The van der Waals surface area contributed by atoms with Crippen LogP contribution in [0.1, 0.15) is 31.7 Å². The zero-order valence-electron chi connectivity index (χ0n) is 12.0. The number of benzene rings is 1. The van der Waals surface area contributed by atoms with E-state index in [0.29, 0.717) is 5.69 Å². The molecule has 1 aliphatic rings. The van der Waals surface area contributed by atoms with Gasteiger partial charge < -0.3 is 16.0 Å². The third-order valence-corrected chi connectivity index (χ3v) is 3.44. The normalized spacial score (nSPS) is 18.4. The lowest BCUT2D eigenvalue weighted by atomic mass is 10.0. The minimum Gasteiger partial charge on any atom is -0.326 e. The Kier molecular flexibility index (Phi) is 4.74. The first kappa shape index (κ1) is 14.5. The number of hydrogen-bond donors (Lipinski definition) is 3. The molecule has 3 N–H and O–H groups in total. The second-order valence-corrected chi connectivity index (χ2v) is 5.20. The molecule has 0 bridgehead atoms. The van der Waals surface area contributed by atoms with Crippen LogP contribution < -0.4 is 16.0 Å². The van der Waals surface area contributed by atoms with Crippen molar-refractivity contribution in [3.63, 3.8) is 0 Å². The van der Waals surface area contributed by atoms with E-state index >= 15 is 0 Å². The highest BCUT2D eigenvalue weighted by Gasteiger charge is 2.20. The molecule has 5 nitrogen and oxygen atoms in total. The van der Waals surface area contributed by atoms with Gasteiger partial charge in [-0.15, -0.1) is 0 Å². The Labute approximate surface area is 119 Å². The van der Waals surface area contributed by atoms with Crippen molar-refractivity contribution >= 4 is 23.2 Å². The van der Waals surface area contributed by atoms with E-state index in [1.807, 2.05) is 19.1 Å². The minimum absolute atomic E-state index is 0.0117. The van der Waals surface area contributed by atoms with Gasteiger partial charge in [0.05, 0.1) is 6.04 Å². The predicted octanol–water partition coefficient (Wildman–Crippen LogP) is 2.03. The van der Waals surface area contributed by atoms with Crippen molar-refractivity contribution in [1.29, 1.82) is 0 Å². The fourth-order valence-electron chi connectivity index (χ4n) is 2.33. The van der Waals surface area contributed by atoms with Crippen LogP contribution in [0.5, 0.6) is 0 Å². The van der Waals surface area contributed by atoms with Crippen LogP contribution in [0.3, 0.4) is 0 Å². The molecule has 0 spiro atoms. The monoisotopic (exact) mass is 275 g/mol. The van der Waals surface area contributed by atoms with Crippen molar-refractivity contribution in [2.75, 3.05) is 17.2 Å². The smallest absolute Gasteiger partial charge is 0.241 e. The van der Waals surface area contributed by atoms with Gasteiger partial charge in [-0.3, -0.25) is 9.59 Å². The summed E-state index contributed by atoms with van der Waals surface area (Å²) < 4.78 is 0. The summed E-state index contributed by atoms with van der Waals surface area (Å²) in [6.07, 6.45) is 3.08. The Bertz CT molecular complexity index is 508. The van der Waals surface area contributed by atoms with E-state index in [1.54, 1.807) is 6.07 Å². The Hall–Kier alpha value is -1.88. The van der Waals surface area contributed by atoms with Crippen LogP contribution in [0.15, 0.2) is 18.2 Å². The summed E-state index contributed by atoms with van der Waals surface area (Å²) in [5.74, 6) is -0.132. The van der Waals surface area contributed by atoms with Crippen molar-refractivity contribution < 1.29 is 9.59 Å². The van der Waals surface area contributed by atoms with Gasteiger partial charge in [-0.2, -0.15) is 0 Å². The van der Waals surface area contributed by atoms with Crippen LogP contribution >= 0.6 is 0 Å². The molecule has 1 saturated heterocycles. The van der Waals surface area contributed by atoms with Gasteiger partial charge in [-0.1, -0.05) is 12.5 Å². The predicted molar refractivity (Wildman–Crippen MR) is 79.8 cm³/mol. The SMILES string of the molecule is CC(=O)Nc1cc(NC(=O)C2CCCCN2)ccc1C. The Morgan fingerprint density at radius 3 is 2.70 bits per heavy atom. The molecule has 0 saturated carbocycles. The number of amides is 2. The maximum Gasteiger partial charge on any atom is 0.241 e. The maximum absolute atomic E-state index is 12.1. The summed E-state index contributed by atoms with van der Waals surface area (Å²) >= 11 is 0. The van der Waals surface area contributed by atoms with Gasteiger partial charge >= 0.3 is 0 Å². The largest absolute Gasteiger partial charge is 0.326 e. The van der Waals surface area contributed by atoms with E-state index in [9.17, 15) is 9.59 Å². The molecule has 0 aromatic heterocycles. The number of anilines is 2. The third kappa shape index (κ3) is 3.81. The van der Waals surface area contributed by atoms with E-state index in [0.717, 1.165) is 37.1 Å². The highest BCUT2D eigenvalue weighted by Crippen LogP contribution is 2.21. The number of nitrogens with one attached hydrogen (secondary N) is 3. The first-order chi connectivity index (χ1) is 9.56. The van der Waals surface area contributed by atoms with Gasteiger partial charge in [0.1, 0.15) is 0 Å². The van der Waals surface area contributed by atoms with E-state index in [-0.39, 0.29) is 17.9 Å². The van der Waals surface area contributed by atoms with E-state index in [4.69, 9.17) is 0 Å². The van der Waals surface area contributed by atoms with Crippen LogP contribution in [0.2, 0.25) is 0 Å². The lowest BCUT2D eigenvalue weighted by Crippen LogP contribution is -2.43. The maximum atomic E-state index is 12.1. The summed E-state index contributed by atoms with van der Waals surface area (Å²) in [5, 5.41) is 8.88. The number of piperidine rings is 1. The Morgan fingerprint density at radius 2 is 2.05 bits per heavy atom. The second-order valence-electron chi connectivity index (χ2n) is 5.20. The van der Waals surface area contributed by atoms with Gasteiger partial charge in [-0.05, 0) is 44.0 Å². The lowest BCUT2D eigenvalue weighted by Gasteiger charge is -2.22. The summed E-state index contributed by atoms with van der Waals surface area (Å²) in [5.41, 5.74) is 2.40. The molecular weight excluding hydrogens is 254 g/mol. The number of rotatable bonds is 3. The van der Waals surface area contributed by atoms with Crippen molar-refractivity contribution in [3.8, 4) is 0 Å². The first-order valence-corrected chi connectivity index (χ1v) is 6.99. The van der Waals surface area contributed by atoms with Gasteiger partial charge in [0.25, 0.3) is 0 Å². The third-order valence-electron chi connectivity index (χ3n) is 3.44. The molecule has 108 valence electrons. The van der Waals surface area contributed by atoms with Crippen molar-refractivity contribution in [2.45, 2.75) is 39.2 Å². The number of aryl methyl sites for hydroxylation is 1. The highest BCUT2D eigenvalue weighted by molar-refractivity contribution is 5.96. The fraction of sp³-hybridized carbons (Fsp3) is 0.467. The van der Waals surface area contributed by atoms with Crippen LogP contribution in [0.4, 0.5) is 11.4 Å². The van der Waals surface area contributed by atoms with Crippen LogP contribution in [0, 0.1) is 6.92 Å². The minimum atomic E-state index is -0.120. The molecule has 1 aliphatic heterocycles. The quantitative estimate of drug-likeness (QED) is 0.790. The zero-order chi connectivity index (χ0) is 14.5.